The molecule has 0 radical (unpaired) electrons. The Bertz CT molecular complexity index is 85.6. The van der Waals surface area contributed by atoms with Crippen LogP contribution in [-0.4, -0.2) is 23.8 Å². The van der Waals surface area contributed by atoms with Crippen molar-refractivity contribution in [3.8, 4) is 0 Å². The van der Waals surface area contributed by atoms with Gasteiger partial charge in [0, 0.05) is 18.7 Å². The molecule has 0 spiro atoms. The third-order valence-corrected chi connectivity index (χ3v) is 1.98. The quantitative estimate of drug-likeness (QED) is 0.616. The predicted octanol–water partition coefficient (Wildman–Crippen LogP) is 1.54. The van der Waals surface area contributed by atoms with Crippen molar-refractivity contribution in [2.75, 3.05) is 6.61 Å². The van der Waals surface area contributed by atoms with Gasteiger partial charge in [0.25, 0.3) is 0 Å². The van der Waals surface area contributed by atoms with Gasteiger partial charge < -0.3 is 10.4 Å². The number of hydrogen-bond donors (Lipinski definition) is 2. The molecular weight excluding hydrogens is 138 g/mol. The van der Waals surface area contributed by atoms with Gasteiger partial charge in [0.2, 0.25) is 0 Å². The molecule has 0 fully saturated rings. The van der Waals surface area contributed by atoms with Gasteiger partial charge in [-0.1, -0.05) is 6.92 Å². The lowest BCUT2D eigenvalue weighted by atomic mass is 10.1. The van der Waals surface area contributed by atoms with Gasteiger partial charge in [0.1, 0.15) is 0 Å². The molecule has 0 aromatic carbocycles. The van der Waals surface area contributed by atoms with Crippen LogP contribution in [0, 0.1) is 0 Å². The molecule has 0 saturated heterocycles. The van der Waals surface area contributed by atoms with Crippen LogP contribution in [0.3, 0.4) is 0 Å². The summed E-state index contributed by atoms with van der Waals surface area (Å²) in [6, 6.07) is 1.14. The van der Waals surface area contributed by atoms with Gasteiger partial charge in [-0.05, 0) is 33.1 Å². The SMILES string of the molecule is CCC(C)NC(C)CCCO. The Morgan fingerprint density at radius 3 is 2.36 bits per heavy atom. The molecule has 0 aliphatic heterocycles. The molecule has 2 heteroatoms. The normalized spacial score (nSPS) is 16.4. The predicted molar refractivity (Wildman–Crippen MR) is 48.7 cm³/mol. The van der Waals surface area contributed by atoms with Crippen molar-refractivity contribution in [1.29, 1.82) is 0 Å². The van der Waals surface area contributed by atoms with E-state index in [0.29, 0.717) is 18.7 Å². The van der Waals surface area contributed by atoms with Gasteiger partial charge in [0.05, 0.1) is 0 Å². The molecule has 0 aliphatic carbocycles. The van der Waals surface area contributed by atoms with Crippen molar-refractivity contribution in [1.82, 2.24) is 5.32 Å². The minimum absolute atomic E-state index is 0.312. The summed E-state index contributed by atoms with van der Waals surface area (Å²) in [5, 5.41) is 12.0. The minimum Gasteiger partial charge on any atom is -0.396 e. The zero-order chi connectivity index (χ0) is 8.69. The first-order valence-corrected chi connectivity index (χ1v) is 4.57. The lowest BCUT2D eigenvalue weighted by Gasteiger charge is -2.17. The van der Waals surface area contributed by atoms with Crippen LogP contribution in [0.4, 0.5) is 0 Å². The molecule has 0 heterocycles. The maximum Gasteiger partial charge on any atom is 0.0431 e. The van der Waals surface area contributed by atoms with Crippen molar-refractivity contribution in [2.45, 2.75) is 52.1 Å². The van der Waals surface area contributed by atoms with Gasteiger partial charge in [-0.25, -0.2) is 0 Å². The zero-order valence-corrected chi connectivity index (χ0v) is 7.93. The summed E-state index contributed by atoms with van der Waals surface area (Å²) in [6.07, 6.45) is 3.15. The first kappa shape index (κ1) is 10.9. The number of nitrogens with one attached hydrogen (secondary N) is 1. The smallest absolute Gasteiger partial charge is 0.0431 e. The Kier molecular flexibility index (Phi) is 6.57. The Balaban J connectivity index is 3.27. The summed E-state index contributed by atoms with van der Waals surface area (Å²) in [5.74, 6) is 0. The van der Waals surface area contributed by atoms with Gasteiger partial charge in [0.15, 0.2) is 0 Å². The highest BCUT2D eigenvalue weighted by Crippen LogP contribution is 1.98. The van der Waals surface area contributed by atoms with E-state index in [4.69, 9.17) is 5.11 Å². The molecule has 0 saturated carbocycles. The van der Waals surface area contributed by atoms with E-state index >= 15 is 0 Å². The average molecular weight is 159 g/mol. The second-order valence-corrected chi connectivity index (χ2v) is 3.24. The van der Waals surface area contributed by atoms with Crippen molar-refractivity contribution in [3.63, 3.8) is 0 Å². The number of aliphatic hydroxyl groups is 1. The Morgan fingerprint density at radius 1 is 1.27 bits per heavy atom. The van der Waals surface area contributed by atoms with E-state index in [9.17, 15) is 0 Å². The highest BCUT2D eigenvalue weighted by molar-refractivity contribution is 4.65. The lowest BCUT2D eigenvalue weighted by Crippen LogP contribution is -2.33. The van der Waals surface area contributed by atoms with Gasteiger partial charge in [-0.2, -0.15) is 0 Å². The van der Waals surface area contributed by atoms with Crippen LogP contribution >= 0.6 is 0 Å². The Labute approximate surface area is 70.0 Å². The maximum absolute atomic E-state index is 8.58. The molecule has 0 amide bonds. The van der Waals surface area contributed by atoms with Gasteiger partial charge in [-0.3, -0.25) is 0 Å². The first-order valence-electron chi connectivity index (χ1n) is 4.57. The van der Waals surface area contributed by atoms with E-state index in [1.165, 1.54) is 6.42 Å². The van der Waals surface area contributed by atoms with Crippen LogP contribution in [0.25, 0.3) is 0 Å². The molecule has 0 bridgehead atoms. The largest absolute Gasteiger partial charge is 0.396 e. The second kappa shape index (κ2) is 6.62. The number of hydrogen-bond acceptors (Lipinski definition) is 2. The van der Waals surface area contributed by atoms with E-state index in [0.717, 1.165) is 12.8 Å². The van der Waals surface area contributed by atoms with Gasteiger partial charge >= 0.3 is 0 Å². The molecule has 68 valence electrons. The topological polar surface area (TPSA) is 32.3 Å². The highest BCUT2D eigenvalue weighted by atomic mass is 16.2. The molecule has 0 aromatic rings. The fourth-order valence-corrected chi connectivity index (χ4v) is 1.08. The summed E-state index contributed by atoms with van der Waals surface area (Å²) in [4.78, 5) is 0. The minimum atomic E-state index is 0.312. The first-order chi connectivity index (χ1) is 5.20. The molecule has 0 rings (SSSR count). The maximum atomic E-state index is 8.58. The molecule has 11 heavy (non-hydrogen) atoms. The molecular formula is C9H21NO. The van der Waals surface area contributed by atoms with Crippen molar-refractivity contribution >= 4 is 0 Å². The molecule has 0 aromatic heterocycles. The second-order valence-electron chi connectivity index (χ2n) is 3.24. The molecule has 2 atom stereocenters. The lowest BCUT2D eigenvalue weighted by molar-refractivity contribution is 0.274. The fraction of sp³-hybridized carbons (Fsp3) is 1.00. The Morgan fingerprint density at radius 2 is 1.91 bits per heavy atom. The van der Waals surface area contributed by atoms with Crippen LogP contribution in [0.1, 0.15) is 40.0 Å². The van der Waals surface area contributed by atoms with Gasteiger partial charge in [-0.15, -0.1) is 0 Å². The summed E-state index contributed by atoms with van der Waals surface area (Å²) < 4.78 is 0. The average Bonchev–Trinajstić information content (AvgIpc) is 2.00. The summed E-state index contributed by atoms with van der Waals surface area (Å²) >= 11 is 0. The number of rotatable bonds is 6. The summed E-state index contributed by atoms with van der Waals surface area (Å²) in [7, 11) is 0. The van der Waals surface area contributed by atoms with Crippen LogP contribution in [0.2, 0.25) is 0 Å². The fourth-order valence-electron chi connectivity index (χ4n) is 1.08. The van der Waals surface area contributed by atoms with Crippen LogP contribution < -0.4 is 5.32 Å². The molecule has 0 aliphatic rings. The van der Waals surface area contributed by atoms with Crippen molar-refractivity contribution < 1.29 is 5.11 Å². The third-order valence-electron chi connectivity index (χ3n) is 1.98. The highest BCUT2D eigenvalue weighted by Gasteiger charge is 2.03. The van der Waals surface area contributed by atoms with E-state index in [1.54, 1.807) is 0 Å². The van der Waals surface area contributed by atoms with E-state index in [2.05, 4.69) is 26.1 Å². The standard InChI is InChI=1S/C9H21NO/c1-4-8(2)10-9(3)6-5-7-11/h8-11H,4-7H2,1-3H3. The summed E-state index contributed by atoms with van der Waals surface area (Å²) in [5.41, 5.74) is 0. The molecule has 2 nitrogen and oxygen atoms in total. The number of aliphatic hydroxyl groups excluding tert-OH is 1. The van der Waals surface area contributed by atoms with Crippen molar-refractivity contribution in [2.24, 2.45) is 0 Å². The zero-order valence-electron chi connectivity index (χ0n) is 7.93. The summed E-state index contributed by atoms with van der Waals surface area (Å²) in [6.45, 7) is 6.85. The molecule has 2 N–H and O–H groups in total. The Hall–Kier alpha value is -0.0800. The van der Waals surface area contributed by atoms with Crippen molar-refractivity contribution in [3.05, 3.63) is 0 Å². The van der Waals surface area contributed by atoms with E-state index in [1.807, 2.05) is 0 Å². The van der Waals surface area contributed by atoms with Crippen LogP contribution in [-0.2, 0) is 0 Å². The molecule has 2 unspecified atom stereocenters. The van der Waals surface area contributed by atoms with Crippen LogP contribution in [0.5, 0.6) is 0 Å². The van der Waals surface area contributed by atoms with E-state index in [-0.39, 0.29) is 0 Å². The monoisotopic (exact) mass is 159 g/mol. The third kappa shape index (κ3) is 6.32. The van der Waals surface area contributed by atoms with E-state index < -0.39 is 0 Å². The van der Waals surface area contributed by atoms with Crippen LogP contribution in [0.15, 0.2) is 0 Å².